The Hall–Kier alpha value is -1.89. The molecule has 0 fully saturated rings. The second-order valence-corrected chi connectivity index (χ2v) is 4.19. The highest BCUT2D eigenvalue weighted by atomic mass is 16.1. The second kappa shape index (κ2) is 6.75. The lowest BCUT2D eigenvalue weighted by Gasteiger charge is -2.15. The normalized spacial score (nSPS) is 11.7. The van der Waals surface area contributed by atoms with Gasteiger partial charge in [0.1, 0.15) is 0 Å². The van der Waals surface area contributed by atoms with Crippen molar-refractivity contribution in [3.63, 3.8) is 0 Å². The van der Waals surface area contributed by atoms with Gasteiger partial charge in [0.15, 0.2) is 0 Å². The lowest BCUT2D eigenvalue weighted by molar-refractivity contribution is 0.0935. The molecule has 1 aromatic heterocycles. The molecule has 4 heteroatoms. The number of rotatable bonds is 5. The number of carbonyl (C=O) groups excluding carboxylic acids is 1. The van der Waals surface area contributed by atoms with Crippen LogP contribution in [0.2, 0.25) is 0 Å². The summed E-state index contributed by atoms with van der Waals surface area (Å²) in [6.45, 7) is 5.77. The summed E-state index contributed by atoms with van der Waals surface area (Å²) in [4.78, 5) is 12.2. The van der Waals surface area contributed by atoms with Crippen molar-refractivity contribution >= 4 is 5.91 Å². The lowest BCUT2D eigenvalue weighted by atomic mass is 10.1. The number of aromatic nitrogens is 2. The molecule has 0 bridgehead atoms. The average Bonchev–Trinajstić information content (AvgIpc) is 2.38. The zero-order valence-corrected chi connectivity index (χ0v) is 11.2. The van der Waals surface area contributed by atoms with Gasteiger partial charge in [-0.1, -0.05) is 13.8 Å². The summed E-state index contributed by atoms with van der Waals surface area (Å²) < 4.78 is 0. The van der Waals surface area contributed by atoms with Crippen molar-refractivity contribution in [2.75, 3.05) is 0 Å². The van der Waals surface area contributed by atoms with E-state index < -0.39 is 0 Å². The molecule has 4 nitrogen and oxygen atoms in total. The summed E-state index contributed by atoms with van der Waals surface area (Å²) in [5.41, 5.74) is 2.05. The number of hydrogen-bond acceptors (Lipinski definition) is 3. The van der Waals surface area contributed by atoms with E-state index in [-0.39, 0.29) is 11.9 Å². The zero-order chi connectivity index (χ0) is 13.5. The Kier molecular flexibility index (Phi) is 5.31. The number of terminal acetylenes is 1. The van der Waals surface area contributed by atoms with Gasteiger partial charge in [-0.25, -0.2) is 0 Å². The Labute approximate surface area is 108 Å². The third-order valence-corrected chi connectivity index (χ3v) is 2.76. The number of carbonyl (C=O) groups is 1. The van der Waals surface area contributed by atoms with Gasteiger partial charge in [0.05, 0.1) is 17.0 Å². The van der Waals surface area contributed by atoms with Crippen molar-refractivity contribution in [2.24, 2.45) is 0 Å². The van der Waals surface area contributed by atoms with Gasteiger partial charge in [-0.15, -0.1) is 12.3 Å². The quantitative estimate of drug-likeness (QED) is 0.806. The van der Waals surface area contributed by atoms with Crippen LogP contribution >= 0.6 is 0 Å². The summed E-state index contributed by atoms with van der Waals surface area (Å²) >= 11 is 0. The van der Waals surface area contributed by atoms with E-state index >= 15 is 0 Å². The van der Waals surface area contributed by atoms with Crippen molar-refractivity contribution in [2.45, 2.75) is 46.1 Å². The fraction of sp³-hybridized carbons (Fsp3) is 0.500. The molecule has 96 valence electrons. The van der Waals surface area contributed by atoms with E-state index in [0.29, 0.717) is 24.1 Å². The third kappa shape index (κ3) is 3.56. The van der Waals surface area contributed by atoms with E-state index in [1.54, 1.807) is 6.07 Å². The Morgan fingerprint density at radius 2 is 2.22 bits per heavy atom. The first-order valence-electron chi connectivity index (χ1n) is 6.19. The molecule has 1 rings (SSSR count). The summed E-state index contributed by atoms with van der Waals surface area (Å²) in [6, 6.07) is 1.78. The fourth-order valence-electron chi connectivity index (χ4n) is 1.67. The highest BCUT2D eigenvalue weighted by molar-refractivity contribution is 5.95. The van der Waals surface area contributed by atoms with E-state index in [0.717, 1.165) is 12.1 Å². The molecule has 1 atom stereocenters. The van der Waals surface area contributed by atoms with Crippen LogP contribution in [0.4, 0.5) is 0 Å². The van der Waals surface area contributed by atoms with Crippen LogP contribution in [0.1, 0.15) is 48.4 Å². The van der Waals surface area contributed by atoms with Crippen LogP contribution in [0.25, 0.3) is 0 Å². The number of aryl methyl sites for hydroxylation is 2. The maximum Gasteiger partial charge on any atom is 0.253 e. The first kappa shape index (κ1) is 14.2. The topological polar surface area (TPSA) is 54.9 Å². The zero-order valence-electron chi connectivity index (χ0n) is 11.2. The highest BCUT2D eigenvalue weighted by Crippen LogP contribution is 2.08. The van der Waals surface area contributed by atoms with E-state index in [1.807, 2.05) is 20.8 Å². The van der Waals surface area contributed by atoms with Gasteiger partial charge in [-0.05, 0) is 25.8 Å². The molecule has 0 aliphatic carbocycles. The summed E-state index contributed by atoms with van der Waals surface area (Å²) in [5.74, 6) is 2.45. The van der Waals surface area contributed by atoms with E-state index in [1.165, 1.54) is 0 Å². The summed E-state index contributed by atoms with van der Waals surface area (Å²) in [5, 5.41) is 10.9. The molecule has 0 aliphatic rings. The Balaban J connectivity index is 2.89. The van der Waals surface area contributed by atoms with Gasteiger partial charge in [-0.2, -0.15) is 10.2 Å². The van der Waals surface area contributed by atoms with Crippen LogP contribution in [0.5, 0.6) is 0 Å². The van der Waals surface area contributed by atoms with Gasteiger partial charge in [0.25, 0.3) is 5.91 Å². The number of nitrogens with one attached hydrogen (secondary N) is 1. The maximum atomic E-state index is 12.2. The first-order chi connectivity index (χ1) is 8.62. The largest absolute Gasteiger partial charge is 0.348 e. The molecule has 1 N–H and O–H groups in total. The number of amides is 1. The van der Waals surface area contributed by atoms with E-state index in [4.69, 9.17) is 6.42 Å². The molecule has 0 aromatic carbocycles. The van der Waals surface area contributed by atoms with Gasteiger partial charge in [0, 0.05) is 12.5 Å². The molecule has 1 heterocycles. The third-order valence-electron chi connectivity index (χ3n) is 2.76. The van der Waals surface area contributed by atoms with Gasteiger partial charge >= 0.3 is 0 Å². The summed E-state index contributed by atoms with van der Waals surface area (Å²) in [6.07, 6.45) is 7.32. The minimum absolute atomic E-state index is 0.0145. The average molecular weight is 245 g/mol. The molecule has 0 spiro atoms. The van der Waals surface area contributed by atoms with Crippen molar-refractivity contribution in [3.05, 3.63) is 23.0 Å². The molecule has 0 aliphatic heterocycles. The van der Waals surface area contributed by atoms with Crippen LogP contribution < -0.4 is 5.32 Å². The SMILES string of the molecule is C#CCC(CC)NC(=O)c1cc(C)nnc1CC. The predicted octanol–water partition coefficient (Wildman–Crippen LogP) is 1.88. The van der Waals surface area contributed by atoms with E-state index in [2.05, 4.69) is 21.4 Å². The molecular formula is C14H19N3O. The Morgan fingerprint density at radius 1 is 1.50 bits per heavy atom. The van der Waals surface area contributed by atoms with Crippen molar-refractivity contribution in [1.29, 1.82) is 0 Å². The van der Waals surface area contributed by atoms with Crippen LogP contribution in [0.3, 0.4) is 0 Å². The highest BCUT2D eigenvalue weighted by Gasteiger charge is 2.15. The molecule has 0 saturated heterocycles. The van der Waals surface area contributed by atoms with Crippen molar-refractivity contribution in [3.8, 4) is 12.3 Å². The van der Waals surface area contributed by atoms with E-state index in [9.17, 15) is 4.79 Å². The lowest BCUT2D eigenvalue weighted by Crippen LogP contribution is -2.35. The van der Waals surface area contributed by atoms with Crippen molar-refractivity contribution < 1.29 is 4.79 Å². The molecule has 18 heavy (non-hydrogen) atoms. The second-order valence-electron chi connectivity index (χ2n) is 4.19. The standard InChI is InChI=1S/C14H19N3O/c1-5-8-11(6-2)15-14(18)12-9-10(4)16-17-13(12)7-3/h1,9,11H,6-8H2,2-4H3,(H,15,18). The Morgan fingerprint density at radius 3 is 2.78 bits per heavy atom. The van der Waals surface area contributed by atoms with Gasteiger partial charge in [0.2, 0.25) is 0 Å². The van der Waals surface area contributed by atoms with Gasteiger partial charge in [-0.3, -0.25) is 4.79 Å². The maximum absolute atomic E-state index is 12.2. The smallest absolute Gasteiger partial charge is 0.253 e. The predicted molar refractivity (Wildman–Crippen MR) is 71.1 cm³/mol. The number of hydrogen-bond donors (Lipinski definition) is 1. The minimum atomic E-state index is -0.119. The Bertz CT molecular complexity index is 463. The van der Waals surface area contributed by atoms with Gasteiger partial charge < -0.3 is 5.32 Å². The molecule has 1 aromatic rings. The summed E-state index contributed by atoms with van der Waals surface area (Å²) in [7, 11) is 0. The fourth-order valence-corrected chi connectivity index (χ4v) is 1.67. The first-order valence-corrected chi connectivity index (χ1v) is 6.19. The van der Waals surface area contributed by atoms with Crippen molar-refractivity contribution in [1.82, 2.24) is 15.5 Å². The molecular weight excluding hydrogens is 226 g/mol. The molecule has 0 saturated carbocycles. The van der Waals surface area contributed by atoms with Crippen LogP contribution in [0, 0.1) is 19.3 Å². The monoisotopic (exact) mass is 245 g/mol. The molecule has 1 unspecified atom stereocenters. The number of nitrogens with zero attached hydrogens (tertiary/aromatic N) is 2. The van der Waals surface area contributed by atoms with Crippen LogP contribution in [0.15, 0.2) is 6.07 Å². The van der Waals surface area contributed by atoms with Crippen LogP contribution in [-0.4, -0.2) is 22.1 Å². The molecule has 0 radical (unpaired) electrons. The molecule has 1 amide bonds. The van der Waals surface area contributed by atoms with Crippen LogP contribution in [-0.2, 0) is 6.42 Å². The minimum Gasteiger partial charge on any atom is -0.348 e.